The summed E-state index contributed by atoms with van der Waals surface area (Å²) in [4.78, 5) is 0. The second-order valence-corrected chi connectivity index (χ2v) is 3.69. The first-order valence-corrected chi connectivity index (χ1v) is 5.10. The van der Waals surface area contributed by atoms with E-state index in [1.165, 1.54) is 19.2 Å². The molecule has 0 radical (unpaired) electrons. The number of hydrogen-bond acceptors (Lipinski definition) is 3. The van der Waals surface area contributed by atoms with Crippen LogP contribution >= 0.6 is 0 Å². The minimum absolute atomic E-state index is 0.374. The minimum Gasteiger partial charge on any atom is -0.497 e. The molecule has 0 spiro atoms. The molecule has 0 aliphatic rings. The van der Waals surface area contributed by atoms with Crippen molar-refractivity contribution in [2.75, 3.05) is 18.6 Å². The molecule has 4 N–H and O–H groups in total. The van der Waals surface area contributed by atoms with Crippen LogP contribution in [-0.4, -0.2) is 7.11 Å². The van der Waals surface area contributed by atoms with E-state index in [-0.39, 0.29) is 5.82 Å². The normalized spacial score (nSPS) is 10.2. The summed E-state index contributed by atoms with van der Waals surface area (Å²) in [6.07, 6.45) is 0. The van der Waals surface area contributed by atoms with E-state index in [2.05, 4.69) is 0 Å². The zero-order valence-electron chi connectivity index (χ0n) is 9.41. The van der Waals surface area contributed by atoms with Gasteiger partial charge in [-0.3, -0.25) is 0 Å². The van der Waals surface area contributed by atoms with Crippen LogP contribution in [0.25, 0.3) is 11.1 Å². The fourth-order valence-electron chi connectivity index (χ4n) is 1.67. The predicted molar refractivity (Wildman–Crippen MR) is 67.2 cm³/mol. The summed E-state index contributed by atoms with van der Waals surface area (Å²) in [5.41, 5.74) is 13.8. The van der Waals surface area contributed by atoms with E-state index in [1.807, 2.05) is 0 Å². The molecule has 0 fully saturated rings. The number of anilines is 2. The van der Waals surface area contributed by atoms with Gasteiger partial charge in [-0.1, -0.05) is 12.1 Å². The van der Waals surface area contributed by atoms with Crippen molar-refractivity contribution in [2.45, 2.75) is 0 Å². The molecule has 2 aromatic rings. The van der Waals surface area contributed by atoms with Gasteiger partial charge >= 0.3 is 0 Å². The van der Waals surface area contributed by atoms with Crippen LogP contribution in [0.2, 0.25) is 0 Å². The lowest BCUT2D eigenvalue weighted by Crippen LogP contribution is -1.97. The van der Waals surface area contributed by atoms with Crippen LogP contribution in [-0.2, 0) is 0 Å². The number of halogens is 1. The van der Waals surface area contributed by atoms with E-state index in [9.17, 15) is 4.39 Å². The molecule has 0 aliphatic heterocycles. The molecule has 0 unspecified atom stereocenters. The maximum absolute atomic E-state index is 13.4. The lowest BCUT2D eigenvalue weighted by atomic mass is 10.0. The van der Waals surface area contributed by atoms with Crippen LogP contribution in [0.1, 0.15) is 0 Å². The Labute approximate surface area is 98.8 Å². The molecule has 0 aliphatic carbocycles. The lowest BCUT2D eigenvalue weighted by molar-refractivity contribution is 0.411. The van der Waals surface area contributed by atoms with Crippen molar-refractivity contribution < 1.29 is 9.13 Å². The molecule has 2 rings (SSSR count). The Balaban J connectivity index is 2.60. The highest BCUT2D eigenvalue weighted by Gasteiger charge is 2.08. The number of hydrogen-bond donors (Lipinski definition) is 2. The zero-order chi connectivity index (χ0) is 12.4. The van der Waals surface area contributed by atoms with E-state index in [0.29, 0.717) is 28.3 Å². The number of benzene rings is 2. The van der Waals surface area contributed by atoms with Gasteiger partial charge in [-0.25, -0.2) is 4.39 Å². The third-order valence-corrected chi connectivity index (χ3v) is 2.56. The number of para-hydroxylation sites is 1. The molecule has 4 heteroatoms. The molecule has 0 atom stereocenters. The average molecular weight is 232 g/mol. The summed E-state index contributed by atoms with van der Waals surface area (Å²) in [5, 5.41) is 0. The smallest absolute Gasteiger partial charge is 0.127 e. The molecule has 2 aromatic carbocycles. The van der Waals surface area contributed by atoms with Crippen LogP contribution < -0.4 is 16.2 Å². The Kier molecular flexibility index (Phi) is 2.87. The van der Waals surface area contributed by atoms with Gasteiger partial charge in [0.2, 0.25) is 0 Å². The Morgan fingerprint density at radius 1 is 1.12 bits per heavy atom. The number of ether oxygens (including phenoxy) is 1. The number of rotatable bonds is 2. The zero-order valence-corrected chi connectivity index (χ0v) is 9.41. The second kappa shape index (κ2) is 4.33. The maximum Gasteiger partial charge on any atom is 0.127 e. The van der Waals surface area contributed by atoms with Crippen LogP contribution in [0.15, 0.2) is 36.4 Å². The Bertz CT molecular complexity index is 555. The molecule has 0 amide bonds. The van der Waals surface area contributed by atoms with Gasteiger partial charge in [0, 0.05) is 11.6 Å². The van der Waals surface area contributed by atoms with E-state index < -0.39 is 0 Å². The molecule has 17 heavy (non-hydrogen) atoms. The molecule has 0 heterocycles. The molecule has 0 saturated carbocycles. The molecule has 88 valence electrons. The van der Waals surface area contributed by atoms with Crippen LogP contribution in [0, 0.1) is 5.82 Å². The highest BCUT2D eigenvalue weighted by molar-refractivity contribution is 5.84. The van der Waals surface area contributed by atoms with Gasteiger partial charge in [-0.2, -0.15) is 0 Å². The first kappa shape index (κ1) is 11.3. The van der Waals surface area contributed by atoms with Crippen molar-refractivity contribution in [1.29, 1.82) is 0 Å². The average Bonchev–Trinajstić information content (AvgIpc) is 2.31. The molecular formula is C13H13FN2O. The fourth-order valence-corrected chi connectivity index (χ4v) is 1.67. The van der Waals surface area contributed by atoms with Crippen LogP contribution in [0.5, 0.6) is 5.75 Å². The molecule has 0 saturated heterocycles. The first-order chi connectivity index (χ1) is 8.11. The van der Waals surface area contributed by atoms with Gasteiger partial charge in [0.1, 0.15) is 11.6 Å². The summed E-state index contributed by atoms with van der Waals surface area (Å²) in [6.45, 7) is 0. The van der Waals surface area contributed by atoms with Gasteiger partial charge in [0.15, 0.2) is 0 Å². The molecule has 3 nitrogen and oxygen atoms in total. The number of methoxy groups -OCH3 is 1. The largest absolute Gasteiger partial charge is 0.497 e. The molecule has 0 bridgehead atoms. The van der Waals surface area contributed by atoms with Crippen molar-refractivity contribution in [3.05, 3.63) is 42.2 Å². The molecule has 0 aromatic heterocycles. The Hall–Kier alpha value is -2.23. The minimum atomic E-state index is -0.374. The van der Waals surface area contributed by atoms with Gasteiger partial charge < -0.3 is 16.2 Å². The number of nitrogens with two attached hydrogens (primary N) is 2. The van der Waals surface area contributed by atoms with Gasteiger partial charge in [-0.05, 0) is 23.8 Å². The highest BCUT2D eigenvalue weighted by atomic mass is 19.1. The topological polar surface area (TPSA) is 61.3 Å². The summed E-state index contributed by atoms with van der Waals surface area (Å²) >= 11 is 0. The quantitative estimate of drug-likeness (QED) is 0.782. The van der Waals surface area contributed by atoms with Crippen molar-refractivity contribution >= 4 is 11.4 Å². The summed E-state index contributed by atoms with van der Waals surface area (Å²) in [6, 6.07) is 9.70. The third-order valence-electron chi connectivity index (χ3n) is 2.56. The predicted octanol–water partition coefficient (Wildman–Crippen LogP) is 2.67. The standard InChI is InChI=1S/C13H13FN2O/c1-17-10-6-8(5-9(14)7-10)11-3-2-4-12(15)13(11)16/h2-7H,15-16H2,1H3. The van der Waals surface area contributed by atoms with Gasteiger partial charge in [0.05, 0.1) is 18.5 Å². The summed E-state index contributed by atoms with van der Waals surface area (Å²) in [7, 11) is 1.49. The van der Waals surface area contributed by atoms with Gasteiger partial charge in [-0.15, -0.1) is 0 Å². The van der Waals surface area contributed by atoms with Crippen molar-refractivity contribution in [2.24, 2.45) is 0 Å². The Morgan fingerprint density at radius 3 is 2.59 bits per heavy atom. The van der Waals surface area contributed by atoms with E-state index >= 15 is 0 Å². The molecular weight excluding hydrogens is 219 g/mol. The third kappa shape index (κ3) is 2.15. The maximum atomic E-state index is 13.4. The van der Waals surface area contributed by atoms with Crippen LogP contribution in [0.4, 0.5) is 15.8 Å². The van der Waals surface area contributed by atoms with E-state index in [1.54, 1.807) is 24.3 Å². The van der Waals surface area contributed by atoms with E-state index in [0.717, 1.165) is 0 Å². The van der Waals surface area contributed by atoms with Crippen LogP contribution in [0.3, 0.4) is 0 Å². The SMILES string of the molecule is COc1cc(F)cc(-c2cccc(N)c2N)c1. The lowest BCUT2D eigenvalue weighted by Gasteiger charge is -2.10. The fraction of sp³-hybridized carbons (Fsp3) is 0.0769. The van der Waals surface area contributed by atoms with Crippen molar-refractivity contribution in [3.8, 4) is 16.9 Å². The van der Waals surface area contributed by atoms with Crippen molar-refractivity contribution in [3.63, 3.8) is 0 Å². The van der Waals surface area contributed by atoms with E-state index in [4.69, 9.17) is 16.2 Å². The number of nitrogen functional groups attached to an aromatic ring is 2. The van der Waals surface area contributed by atoms with Gasteiger partial charge in [0.25, 0.3) is 0 Å². The second-order valence-electron chi connectivity index (χ2n) is 3.69. The highest BCUT2D eigenvalue weighted by Crippen LogP contribution is 2.32. The Morgan fingerprint density at radius 2 is 1.88 bits per heavy atom. The monoisotopic (exact) mass is 232 g/mol. The first-order valence-electron chi connectivity index (χ1n) is 5.10. The van der Waals surface area contributed by atoms with Crippen molar-refractivity contribution in [1.82, 2.24) is 0 Å². The summed E-state index contributed by atoms with van der Waals surface area (Å²) in [5.74, 6) is 0.0722. The summed E-state index contributed by atoms with van der Waals surface area (Å²) < 4.78 is 18.4.